The van der Waals surface area contributed by atoms with Gasteiger partial charge in [0.2, 0.25) is 0 Å². The zero-order valence-electron chi connectivity index (χ0n) is 31.8. The number of fused-ring (bicyclic) bond motifs is 3. The minimum Gasteiger partial charge on any atom is -0.495 e. The minimum atomic E-state index is -0.354. The number of oxazole rings is 3. The Morgan fingerprint density at radius 2 is 1.02 bits per heavy atom. The number of pyridine rings is 3. The third-order valence-electron chi connectivity index (χ3n) is 8.65. The van der Waals surface area contributed by atoms with Crippen LogP contribution in [0, 0.1) is 27.7 Å². The first-order valence-electron chi connectivity index (χ1n) is 17.5. The molecule has 0 aliphatic carbocycles. The molecule has 9 rings (SSSR count). The highest BCUT2D eigenvalue weighted by atomic mass is 16.5. The molecular formula is C42H38N6O8. The topological polar surface area (TPSA) is 153 Å². The molecule has 284 valence electrons. The molecule has 9 aromatic heterocycles. The van der Waals surface area contributed by atoms with Gasteiger partial charge in [0.15, 0.2) is 47.0 Å². The maximum absolute atomic E-state index is 11.2. The standard InChI is InChI=1S/C15H14N2O3.C14H14N2O2.C13H10N2O3/c1-9-15(19-10(2)16-9)12-6-8-17-7-4-5-13(14(12)17)20-11(3)18;1-9-14(18-10(2)15-9)11-6-8-16-7-4-5-12(17-3)13(11)16;1-9(16)18-11-3-2-5-15-6-4-10(13(11)15)12-7-14-8-17-12/h4-8H,1-3H3;4-8H,1-3H3;2-8H,1H3. The first-order chi connectivity index (χ1) is 27.0. The average Bonchev–Trinajstić information content (AvgIpc) is 4.02. The van der Waals surface area contributed by atoms with Gasteiger partial charge in [0.25, 0.3) is 0 Å². The Morgan fingerprint density at radius 1 is 0.589 bits per heavy atom. The van der Waals surface area contributed by atoms with Crippen LogP contribution >= 0.6 is 0 Å². The van der Waals surface area contributed by atoms with Crippen LogP contribution in [-0.2, 0) is 9.59 Å². The van der Waals surface area contributed by atoms with Crippen LogP contribution in [-0.4, -0.2) is 47.2 Å². The average molecular weight is 755 g/mol. The molecule has 56 heavy (non-hydrogen) atoms. The van der Waals surface area contributed by atoms with Gasteiger partial charge in [0.05, 0.1) is 41.2 Å². The highest BCUT2D eigenvalue weighted by Gasteiger charge is 2.19. The van der Waals surface area contributed by atoms with E-state index in [2.05, 4.69) is 15.0 Å². The van der Waals surface area contributed by atoms with E-state index < -0.39 is 0 Å². The normalized spacial score (nSPS) is 10.9. The van der Waals surface area contributed by atoms with Crippen molar-refractivity contribution in [3.8, 4) is 51.2 Å². The predicted octanol–water partition coefficient (Wildman–Crippen LogP) is 8.88. The third-order valence-corrected chi connectivity index (χ3v) is 8.65. The summed E-state index contributed by atoms with van der Waals surface area (Å²) < 4.78 is 38.3. The van der Waals surface area contributed by atoms with Crippen molar-refractivity contribution in [2.45, 2.75) is 41.5 Å². The Balaban J connectivity index is 0.000000129. The summed E-state index contributed by atoms with van der Waals surface area (Å²) in [5, 5.41) is 0. The largest absolute Gasteiger partial charge is 0.495 e. The van der Waals surface area contributed by atoms with Crippen molar-refractivity contribution in [3.63, 3.8) is 0 Å². The molecule has 0 bridgehead atoms. The smallest absolute Gasteiger partial charge is 0.308 e. The summed E-state index contributed by atoms with van der Waals surface area (Å²) in [6.45, 7) is 10.3. The van der Waals surface area contributed by atoms with Crippen molar-refractivity contribution < 1.29 is 37.1 Å². The number of aromatic nitrogens is 6. The number of ether oxygens (including phenoxy) is 3. The zero-order valence-corrected chi connectivity index (χ0v) is 31.8. The Bertz CT molecular complexity index is 2820. The van der Waals surface area contributed by atoms with Crippen molar-refractivity contribution in [2.75, 3.05) is 7.11 Å². The first kappa shape index (κ1) is 37.0. The zero-order chi connectivity index (χ0) is 39.5. The highest BCUT2D eigenvalue weighted by molar-refractivity contribution is 5.87. The molecule has 0 aromatic carbocycles. The van der Waals surface area contributed by atoms with E-state index in [9.17, 15) is 9.59 Å². The molecule has 0 aliphatic rings. The van der Waals surface area contributed by atoms with Gasteiger partial charge in [-0.15, -0.1) is 0 Å². The van der Waals surface area contributed by atoms with Gasteiger partial charge in [-0.1, -0.05) is 0 Å². The van der Waals surface area contributed by atoms with Crippen molar-refractivity contribution in [1.82, 2.24) is 28.2 Å². The van der Waals surface area contributed by atoms with E-state index in [0.717, 1.165) is 56.1 Å². The summed E-state index contributed by atoms with van der Waals surface area (Å²) in [4.78, 5) is 34.8. The van der Waals surface area contributed by atoms with Gasteiger partial charge in [-0.2, -0.15) is 0 Å². The number of carbonyl (C=O) groups excluding carboxylic acids is 2. The lowest BCUT2D eigenvalue weighted by Crippen LogP contribution is -2.02. The second-order valence-electron chi connectivity index (χ2n) is 12.6. The second-order valence-corrected chi connectivity index (χ2v) is 12.6. The van der Waals surface area contributed by atoms with E-state index in [4.69, 9.17) is 27.5 Å². The van der Waals surface area contributed by atoms with Gasteiger partial charge in [-0.05, 0) is 68.4 Å². The molecular weight excluding hydrogens is 716 g/mol. The van der Waals surface area contributed by atoms with Crippen LogP contribution < -0.4 is 14.2 Å². The molecule has 0 spiro atoms. The van der Waals surface area contributed by atoms with Crippen LogP contribution in [0.2, 0.25) is 0 Å². The van der Waals surface area contributed by atoms with Crippen LogP contribution in [0.3, 0.4) is 0 Å². The van der Waals surface area contributed by atoms with Gasteiger partial charge in [-0.3, -0.25) is 9.59 Å². The number of methoxy groups -OCH3 is 1. The van der Waals surface area contributed by atoms with Crippen LogP contribution in [0.1, 0.15) is 37.0 Å². The lowest BCUT2D eigenvalue weighted by molar-refractivity contribution is -0.132. The van der Waals surface area contributed by atoms with E-state index in [1.165, 1.54) is 20.2 Å². The Hall–Kier alpha value is -7.35. The number of nitrogens with zero attached hydrogens (tertiary/aromatic N) is 6. The van der Waals surface area contributed by atoms with Crippen LogP contribution in [0.25, 0.3) is 50.5 Å². The quantitative estimate of drug-likeness (QED) is 0.150. The number of esters is 2. The monoisotopic (exact) mass is 754 g/mol. The van der Waals surface area contributed by atoms with E-state index in [0.29, 0.717) is 34.8 Å². The summed E-state index contributed by atoms with van der Waals surface area (Å²) in [7, 11) is 1.67. The van der Waals surface area contributed by atoms with Gasteiger partial charge in [-0.25, -0.2) is 15.0 Å². The maximum atomic E-state index is 11.2. The summed E-state index contributed by atoms with van der Waals surface area (Å²) in [6, 6.07) is 16.9. The Labute approximate surface area is 320 Å². The highest BCUT2D eigenvalue weighted by Crippen LogP contribution is 2.36. The number of aryl methyl sites for hydroxylation is 4. The van der Waals surface area contributed by atoms with Gasteiger partial charge < -0.3 is 40.7 Å². The summed E-state index contributed by atoms with van der Waals surface area (Å²) in [6.07, 6.45) is 14.5. The van der Waals surface area contributed by atoms with Gasteiger partial charge >= 0.3 is 11.9 Å². The molecule has 14 nitrogen and oxygen atoms in total. The molecule has 0 saturated carbocycles. The Morgan fingerprint density at radius 3 is 1.41 bits per heavy atom. The number of carbonyl (C=O) groups is 2. The van der Waals surface area contributed by atoms with E-state index in [1.807, 2.05) is 121 Å². The second kappa shape index (κ2) is 15.6. The molecule has 0 radical (unpaired) electrons. The predicted molar refractivity (Wildman–Crippen MR) is 207 cm³/mol. The van der Waals surface area contributed by atoms with E-state index >= 15 is 0 Å². The van der Waals surface area contributed by atoms with Crippen molar-refractivity contribution in [1.29, 1.82) is 0 Å². The SMILES string of the molecule is CC(=O)Oc1cccn2ccc(-c3cnco3)c12.CC(=O)Oc1cccn2ccc(-c3oc(C)nc3C)c12.COc1cccn2ccc(-c3oc(C)nc3C)c12. The fourth-order valence-electron chi connectivity index (χ4n) is 6.52. The molecule has 9 heterocycles. The molecule has 9 aromatic rings. The first-order valence-corrected chi connectivity index (χ1v) is 17.5. The number of rotatable bonds is 6. The third kappa shape index (κ3) is 7.40. The fourth-order valence-corrected chi connectivity index (χ4v) is 6.52. The summed E-state index contributed by atoms with van der Waals surface area (Å²) in [5.74, 6) is 4.56. The van der Waals surface area contributed by atoms with Gasteiger partial charge in [0.1, 0.15) is 5.75 Å². The Kier molecular flexibility index (Phi) is 10.3. The molecule has 0 saturated heterocycles. The maximum Gasteiger partial charge on any atom is 0.308 e. The minimum absolute atomic E-state index is 0.351. The number of hydrogen-bond acceptors (Lipinski definition) is 11. The lowest BCUT2D eigenvalue weighted by atomic mass is 10.1. The molecule has 0 amide bonds. The molecule has 0 aliphatic heterocycles. The van der Waals surface area contributed by atoms with E-state index in [1.54, 1.807) is 25.4 Å². The lowest BCUT2D eigenvalue weighted by Gasteiger charge is -2.06. The van der Waals surface area contributed by atoms with Crippen molar-refractivity contribution in [2.24, 2.45) is 0 Å². The molecule has 0 atom stereocenters. The summed E-state index contributed by atoms with van der Waals surface area (Å²) in [5.41, 5.74) is 6.99. The van der Waals surface area contributed by atoms with Crippen molar-refractivity contribution >= 4 is 28.5 Å². The van der Waals surface area contributed by atoms with E-state index in [-0.39, 0.29) is 11.9 Å². The fraction of sp³-hybridized carbons (Fsp3) is 0.167. The molecule has 14 heteroatoms. The molecule has 0 unspecified atom stereocenters. The van der Waals surface area contributed by atoms with Gasteiger partial charge in [0, 0.05) is 81.6 Å². The molecule has 0 fully saturated rings. The van der Waals surface area contributed by atoms with Crippen molar-refractivity contribution in [3.05, 3.63) is 128 Å². The van der Waals surface area contributed by atoms with Crippen LogP contribution in [0.15, 0.2) is 118 Å². The number of hydrogen-bond donors (Lipinski definition) is 0. The summed E-state index contributed by atoms with van der Waals surface area (Å²) >= 11 is 0. The van der Waals surface area contributed by atoms with Crippen LogP contribution in [0.4, 0.5) is 0 Å². The molecule has 0 N–H and O–H groups in total. The van der Waals surface area contributed by atoms with Crippen LogP contribution in [0.5, 0.6) is 17.2 Å².